The van der Waals surface area contributed by atoms with Gasteiger partial charge in [0.2, 0.25) is 0 Å². The molecule has 3 aromatic rings. The van der Waals surface area contributed by atoms with Gasteiger partial charge in [0.05, 0.1) is 11.3 Å². The molecule has 5 rings (SSSR count). The molecule has 0 aliphatic carbocycles. The fraction of sp³-hybridized carbons (Fsp3) is 0.233. The molecule has 0 saturated carbocycles. The summed E-state index contributed by atoms with van der Waals surface area (Å²) in [6.07, 6.45) is 0. The molecule has 1 saturated heterocycles. The van der Waals surface area contributed by atoms with E-state index in [2.05, 4.69) is 27.9 Å². The number of fused-ring (bicyclic) bond motifs is 1. The summed E-state index contributed by atoms with van der Waals surface area (Å²) in [5, 5.41) is 9.13. The number of nitrogens with one attached hydrogen (secondary N) is 3. The minimum absolute atomic E-state index is 0.0262. The molecule has 3 N–H and O–H groups in total. The van der Waals surface area contributed by atoms with E-state index in [1.165, 1.54) is 0 Å². The summed E-state index contributed by atoms with van der Waals surface area (Å²) in [7, 11) is 2.06. The number of carbonyl (C=O) groups excluding carboxylic acids is 3. The van der Waals surface area contributed by atoms with Crippen LogP contribution in [0.15, 0.2) is 72.8 Å². The Morgan fingerprint density at radius 3 is 2.24 bits per heavy atom. The lowest BCUT2D eigenvalue weighted by Gasteiger charge is -2.32. The number of likely N-dealkylation sites (N-methyl/N-ethyl adjacent to an activating group) is 1. The Morgan fingerprint density at radius 1 is 0.868 bits per heavy atom. The third-order valence-electron chi connectivity index (χ3n) is 6.87. The summed E-state index contributed by atoms with van der Waals surface area (Å²) in [5.41, 5.74) is 5.17. The number of rotatable bonds is 6. The molecule has 2 aliphatic rings. The highest BCUT2D eigenvalue weighted by molar-refractivity contribution is 6.37. The maximum absolute atomic E-state index is 13.2. The largest absolute Gasteiger partial charge is 0.354 e. The minimum Gasteiger partial charge on any atom is -0.354 e. The average Bonchev–Trinajstić information content (AvgIpc) is 3.27. The number of amides is 3. The van der Waals surface area contributed by atoms with Crippen LogP contribution < -0.4 is 16.0 Å². The molecule has 0 bridgehead atoms. The molecule has 3 aromatic carbocycles. The monoisotopic (exact) mass is 509 g/mol. The zero-order valence-electron chi connectivity index (χ0n) is 21.6. The topological polar surface area (TPSA) is 93.8 Å². The minimum atomic E-state index is -0.249. The Hall–Kier alpha value is -4.43. The lowest BCUT2D eigenvalue weighted by Crippen LogP contribution is -2.47. The van der Waals surface area contributed by atoms with E-state index in [1.54, 1.807) is 18.2 Å². The van der Waals surface area contributed by atoms with Crippen LogP contribution >= 0.6 is 0 Å². The molecule has 0 aromatic heterocycles. The summed E-state index contributed by atoms with van der Waals surface area (Å²) in [6, 6.07) is 22.2. The first-order valence-electron chi connectivity index (χ1n) is 12.8. The van der Waals surface area contributed by atoms with Gasteiger partial charge in [0.1, 0.15) is 0 Å². The van der Waals surface area contributed by atoms with E-state index in [4.69, 9.17) is 0 Å². The van der Waals surface area contributed by atoms with Crippen LogP contribution in [0.4, 0.5) is 11.4 Å². The van der Waals surface area contributed by atoms with Crippen molar-refractivity contribution in [3.05, 3.63) is 95.1 Å². The number of benzene rings is 3. The highest BCUT2D eigenvalue weighted by atomic mass is 16.2. The summed E-state index contributed by atoms with van der Waals surface area (Å²) < 4.78 is 0. The van der Waals surface area contributed by atoms with Crippen molar-refractivity contribution in [3.8, 4) is 0 Å². The third-order valence-corrected chi connectivity index (χ3v) is 6.87. The number of nitrogens with zero attached hydrogens (tertiary/aromatic N) is 2. The van der Waals surface area contributed by atoms with E-state index in [-0.39, 0.29) is 17.7 Å². The van der Waals surface area contributed by atoms with Gasteiger partial charge in [0.15, 0.2) is 0 Å². The van der Waals surface area contributed by atoms with Gasteiger partial charge in [-0.1, -0.05) is 36.4 Å². The molecule has 0 spiro atoms. The molecular weight excluding hydrogens is 478 g/mol. The fourth-order valence-electron chi connectivity index (χ4n) is 4.74. The molecule has 2 heterocycles. The Morgan fingerprint density at radius 2 is 1.55 bits per heavy atom. The molecule has 194 valence electrons. The first-order chi connectivity index (χ1) is 18.4. The zero-order valence-corrected chi connectivity index (χ0v) is 21.6. The Balaban J connectivity index is 1.46. The number of hydrogen-bond acceptors (Lipinski definition) is 5. The standard InChI is InChI=1S/C30H31N5O3/c1-3-31-28(36)22-11-14-24-25(19-22)33-29(37)26(24)27(20-7-5-4-6-8-20)32-23-12-9-21(10-13-23)30(38)35-17-15-34(2)16-18-35/h4-14,19,32H,3,15-18H2,1-2H3,(H,31,36)(H,33,37). The number of carbonyl (C=O) groups is 3. The SMILES string of the molecule is CCNC(=O)c1ccc2c(c1)NC(=O)C2=C(Nc1ccc(C(=O)N2CCN(C)CC2)cc1)c1ccccc1. The summed E-state index contributed by atoms with van der Waals surface area (Å²) >= 11 is 0. The van der Waals surface area contributed by atoms with Gasteiger partial charge in [-0.2, -0.15) is 0 Å². The number of hydrogen-bond donors (Lipinski definition) is 3. The molecule has 3 amide bonds. The van der Waals surface area contributed by atoms with Crippen LogP contribution in [0.2, 0.25) is 0 Å². The number of anilines is 2. The lowest BCUT2D eigenvalue weighted by atomic mass is 9.98. The first kappa shape index (κ1) is 25.2. The van der Waals surface area contributed by atoms with Crippen molar-refractivity contribution >= 4 is 40.4 Å². The predicted molar refractivity (Wildman–Crippen MR) is 150 cm³/mol. The van der Waals surface area contributed by atoms with Crippen LogP contribution in [0.1, 0.15) is 38.8 Å². The van der Waals surface area contributed by atoms with Crippen LogP contribution in [0.3, 0.4) is 0 Å². The van der Waals surface area contributed by atoms with Gasteiger partial charge < -0.3 is 25.8 Å². The molecule has 2 aliphatic heterocycles. The maximum atomic E-state index is 13.2. The Labute approximate surface area is 222 Å². The van der Waals surface area contributed by atoms with Gasteiger partial charge in [-0.15, -0.1) is 0 Å². The van der Waals surface area contributed by atoms with Gasteiger partial charge in [0, 0.05) is 60.8 Å². The van der Waals surface area contributed by atoms with E-state index in [0.717, 1.165) is 43.0 Å². The summed E-state index contributed by atoms with van der Waals surface area (Å²) in [4.78, 5) is 42.6. The highest BCUT2D eigenvalue weighted by Crippen LogP contribution is 2.38. The zero-order chi connectivity index (χ0) is 26.6. The summed E-state index contributed by atoms with van der Waals surface area (Å²) in [5.74, 6) is -0.408. The van der Waals surface area contributed by atoms with Crippen molar-refractivity contribution in [2.75, 3.05) is 50.4 Å². The van der Waals surface area contributed by atoms with Crippen LogP contribution in [-0.4, -0.2) is 67.3 Å². The molecule has 1 fully saturated rings. The second-order valence-corrected chi connectivity index (χ2v) is 9.49. The number of piperazine rings is 1. The van der Waals surface area contributed by atoms with Gasteiger partial charge in [0.25, 0.3) is 17.7 Å². The second-order valence-electron chi connectivity index (χ2n) is 9.49. The Bertz CT molecular complexity index is 1390. The van der Waals surface area contributed by atoms with Crippen molar-refractivity contribution in [2.45, 2.75) is 6.92 Å². The van der Waals surface area contributed by atoms with Crippen molar-refractivity contribution < 1.29 is 14.4 Å². The second kappa shape index (κ2) is 10.9. The fourth-order valence-corrected chi connectivity index (χ4v) is 4.74. The van der Waals surface area contributed by atoms with Crippen molar-refractivity contribution in [2.24, 2.45) is 0 Å². The third kappa shape index (κ3) is 5.17. The van der Waals surface area contributed by atoms with Crippen molar-refractivity contribution in [1.82, 2.24) is 15.1 Å². The van der Waals surface area contributed by atoms with E-state index < -0.39 is 0 Å². The smallest absolute Gasteiger partial charge is 0.258 e. The van der Waals surface area contributed by atoms with Crippen LogP contribution in [0, 0.1) is 0 Å². The van der Waals surface area contributed by atoms with E-state index >= 15 is 0 Å². The highest BCUT2D eigenvalue weighted by Gasteiger charge is 2.29. The molecule has 8 heteroatoms. The van der Waals surface area contributed by atoms with Crippen molar-refractivity contribution in [3.63, 3.8) is 0 Å². The summed E-state index contributed by atoms with van der Waals surface area (Å²) in [6.45, 7) is 5.56. The molecule has 8 nitrogen and oxygen atoms in total. The quantitative estimate of drug-likeness (QED) is 0.440. The predicted octanol–water partition coefficient (Wildman–Crippen LogP) is 3.76. The average molecular weight is 510 g/mol. The Kier molecular flexibility index (Phi) is 7.24. The van der Waals surface area contributed by atoms with E-state index in [9.17, 15) is 14.4 Å². The van der Waals surface area contributed by atoms with E-state index in [1.807, 2.05) is 66.4 Å². The van der Waals surface area contributed by atoms with Gasteiger partial charge >= 0.3 is 0 Å². The lowest BCUT2D eigenvalue weighted by molar-refractivity contribution is -0.110. The molecule has 0 unspecified atom stereocenters. The van der Waals surface area contributed by atoms with Crippen molar-refractivity contribution in [1.29, 1.82) is 0 Å². The van der Waals surface area contributed by atoms with Crippen LogP contribution in [0.5, 0.6) is 0 Å². The molecule has 38 heavy (non-hydrogen) atoms. The van der Waals surface area contributed by atoms with Gasteiger partial charge in [-0.3, -0.25) is 14.4 Å². The van der Waals surface area contributed by atoms with E-state index in [0.29, 0.717) is 34.6 Å². The maximum Gasteiger partial charge on any atom is 0.258 e. The first-order valence-corrected chi connectivity index (χ1v) is 12.8. The van der Waals surface area contributed by atoms with Gasteiger partial charge in [-0.25, -0.2) is 0 Å². The van der Waals surface area contributed by atoms with Crippen LogP contribution in [0.25, 0.3) is 11.3 Å². The normalized spacial score (nSPS) is 16.5. The van der Waals surface area contributed by atoms with Gasteiger partial charge in [-0.05, 0) is 55.9 Å². The molecular formula is C30H31N5O3. The van der Waals surface area contributed by atoms with Crippen LogP contribution in [-0.2, 0) is 4.79 Å². The molecule has 0 atom stereocenters. The molecule has 0 radical (unpaired) electrons.